The zero-order valence-electron chi connectivity index (χ0n) is 7.42. The van der Waals surface area contributed by atoms with Crippen molar-refractivity contribution < 1.29 is 4.79 Å². The third kappa shape index (κ3) is 1.57. The molecule has 0 N–H and O–H groups in total. The van der Waals surface area contributed by atoms with E-state index in [1.807, 2.05) is 12.1 Å². The van der Waals surface area contributed by atoms with Crippen molar-refractivity contribution in [2.45, 2.75) is 6.92 Å². The third-order valence-electron chi connectivity index (χ3n) is 2.04. The molecule has 2 rings (SSSR count). The summed E-state index contributed by atoms with van der Waals surface area (Å²) in [5, 5.41) is 2.61. The van der Waals surface area contributed by atoms with Crippen molar-refractivity contribution in [1.82, 2.24) is 4.57 Å². The molecule has 1 aromatic carbocycles. The molecule has 72 valence electrons. The van der Waals surface area contributed by atoms with E-state index >= 15 is 0 Å². The van der Waals surface area contributed by atoms with Crippen molar-refractivity contribution in [3.8, 4) is 0 Å². The lowest BCUT2D eigenvalue weighted by Gasteiger charge is -1.94. The van der Waals surface area contributed by atoms with Crippen LogP contribution in [0, 0.1) is 0 Å². The lowest BCUT2D eigenvalue weighted by molar-refractivity contribution is 0.0937. The van der Waals surface area contributed by atoms with Gasteiger partial charge in [-0.2, -0.15) is 0 Å². The molecular formula is C10H7BrClNO. The van der Waals surface area contributed by atoms with Crippen LogP contribution in [-0.2, 0) is 0 Å². The summed E-state index contributed by atoms with van der Waals surface area (Å²) in [6, 6.07) is 3.65. The number of benzene rings is 1. The van der Waals surface area contributed by atoms with Gasteiger partial charge in [0.15, 0.2) is 0 Å². The Balaban J connectivity index is 2.76. The minimum Gasteiger partial charge on any atom is -0.294 e. The van der Waals surface area contributed by atoms with Crippen LogP contribution in [0.5, 0.6) is 0 Å². The first-order valence-corrected chi connectivity index (χ1v) is 5.23. The molecule has 0 aliphatic carbocycles. The van der Waals surface area contributed by atoms with E-state index in [9.17, 15) is 4.79 Å². The molecule has 0 fully saturated rings. The third-order valence-corrected chi connectivity index (χ3v) is 2.91. The molecule has 0 atom stereocenters. The Labute approximate surface area is 94.6 Å². The number of hydrogen-bond acceptors (Lipinski definition) is 1. The zero-order valence-corrected chi connectivity index (χ0v) is 9.76. The summed E-state index contributed by atoms with van der Waals surface area (Å²) in [4.78, 5) is 11.1. The Hall–Kier alpha value is -0.800. The van der Waals surface area contributed by atoms with E-state index in [-0.39, 0.29) is 5.91 Å². The molecule has 1 heterocycles. The topological polar surface area (TPSA) is 22.0 Å². The smallest absolute Gasteiger partial charge is 0.227 e. The fraction of sp³-hybridized carbons (Fsp3) is 0.100. The molecule has 4 heteroatoms. The van der Waals surface area contributed by atoms with Crippen molar-refractivity contribution in [3.63, 3.8) is 0 Å². The summed E-state index contributed by atoms with van der Waals surface area (Å²) in [6.45, 7) is 1.52. The Morgan fingerprint density at radius 3 is 2.79 bits per heavy atom. The molecule has 1 aromatic heterocycles. The van der Waals surface area contributed by atoms with Crippen LogP contribution in [0.2, 0.25) is 5.02 Å². The molecule has 0 aliphatic rings. The number of carbonyl (C=O) groups is 1. The van der Waals surface area contributed by atoms with Crippen LogP contribution in [-0.4, -0.2) is 10.5 Å². The highest BCUT2D eigenvalue weighted by Gasteiger charge is 2.05. The van der Waals surface area contributed by atoms with Crippen LogP contribution in [0.3, 0.4) is 0 Å². The van der Waals surface area contributed by atoms with Crippen molar-refractivity contribution in [1.29, 1.82) is 0 Å². The highest BCUT2D eigenvalue weighted by atomic mass is 79.9. The molecule has 0 saturated heterocycles. The predicted molar refractivity (Wildman–Crippen MR) is 60.9 cm³/mol. The Morgan fingerprint density at radius 1 is 1.43 bits per heavy atom. The summed E-state index contributed by atoms with van der Waals surface area (Å²) in [5.74, 6) is -0.00998. The van der Waals surface area contributed by atoms with Crippen molar-refractivity contribution in [2.75, 3.05) is 0 Å². The molecular weight excluding hydrogens is 265 g/mol. The fourth-order valence-electron chi connectivity index (χ4n) is 1.36. The van der Waals surface area contributed by atoms with Gasteiger partial charge in [-0.05, 0) is 12.1 Å². The van der Waals surface area contributed by atoms with E-state index in [0.717, 1.165) is 15.2 Å². The van der Waals surface area contributed by atoms with Crippen LogP contribution in [0.15, 0.2) is 29.0 Å². The van der Waals surface area contributed by atoms with Gasteiger partial charge in [-0.15, -0.1) is 0 Å². The maximum atomic E-state index is 11.1. The van der Waals surface area contributed by atoms with E-state index in [4.69, 9.17) is 11.6 Å². The van der Waals surface area contributed by atoms with Gasteiger partial charge in [0, 0.05) is 39.6 Å². The highest BCUT2D eigenvalue weighted by molar-refractivity contribution is 9.10. The van der Waals surface area contributed by atoms with Gasteiger partial charge >= 0.3 is 0 Å². The Bertz CT molecular complexity index is 518. The van der Waals surface area contributed by atoms with Crippen molar-refractivity contribution >= 4 is 44.2 Å². The minimum atomic E-state index is -0.00998. The van der Waals surface area contributed by atoms with E-state index < -0.39 is 0 Å². The van der Waals surface area contributed by atoms with Crippen molar-refractivity contribution in [2.24, 2.45) is 0 Å². The molecule has 0 bridgehead atoms. The second-order valence-electron chi connectivity index (χ2n) is 3.08. The first-order valence-electron chi connectivity index (χ1n) is 4.05. The average Bonchev–Trinajstić information content (AvgIpc) is 2.47. The van der Waals surface area contributed by atoms with Gasteiger partial charge in [0.25, 0.3) is 0 Å². The number of fused-ring (bicyclic) bond motifs is 1. The predicted octanol–water partition coefficient (Wildman–Crippen LogP) is 3.72. The summed E-state index contributed by atoms with van der Waals surface area (Å²) >= 11 is 9.29. The van der Waals surface area contributed by atoms with Gasteiger partial charge in [-0.1, -0.05) is 27.5 Å². The van der Waals surface area contributed by atoms with E-state index in [1.165, 1.54) is 6.92 Å². The maximum absolute atomic E-state index is 11.1. The van der Waals surface area contributed by atoms with E-state index in [1.54, 1.807) is 17.0 Å². The number of halogens is 2. The van der Waals surface area contributed by atoms with Gasteiger partial charge < -0.3 is 0 Å². The number of hydrogen-bond donors (Lipinski definition) is 0. The second-order valence-corrected chi connectivity index (χ2v) is 4.37. The molecule has 0 aliphatic heterocycles. The van der Waals surface area contributed by atoms with Gasteiger partial charge in [0.2, 0.25) is 5.91 Å². The van der Waals surface area contributed by atoms with Crippen LogP contribution >= 0.6 is 27.5 Å². The van der Waals surface area contributed by atoms with Gasteiger partial charge in [-0.3, -0.25) is 9.36 Å². The van der Waals surface area contributed by atoms with Gasteiger partial charge in [0.1, 0.15) is 0 Å². The zero-order chi connectivity index (χ0) is 10.3. The molecule has 0 unspecified atom stereocenters. The first-order chi connectivity index (χ1) is 6.58. The van der Waals surface area contributed by atoms with Crippen molar-refractivity contribution in [3.05, 3.63) is 34.0 Å². The normalized spacial score (nSPS) is 10.8. The standard InChI is InChI=1S/C10H7BrClNO/c1-6(14)13-4-7-2-8(12)3-10(11)9(7)5-13/h2-5H,1H3. The molecule has 0 radical (unpaired) electrons. The first kappa shape index (κ1) is 9.74. The Morgan fingerprint density at radius 2 is 2.14 bits per heavy atom. The number of rotatable bonds is 0. The molecule has 0 saturated carbocycles. The van der Waals surface area contributed by atoms with E-state index in [2.05, 4.69) is 15.9 Å². The monoisotopic (exact) mass is 271 g/mol. The van der Waals surface area contributed by atoms with Crippen LogP contribution in [0.1, 0.15) is 11.7 Å². The molecule has 2 aromatic rings. The largest absolute Gasteiger partial charge is 0.294 e. The maximum Gasteiger partial charge on any atom is 0.227 e. The lowest BCUT2D eigenvalue weighted by Crippen LogP contribution is -2.00. The summed E-state index contributed by atoms with van der Waals surface area (Å²) in [7, 11) is 0. The Kier molecular flexibility index (Phi) is 2.37. The van der Waals surface area contributed by atoms with E-state index in [0.29, 0.717) is 5.02 Å². The summed E-state index contributed by atoms with van der Waals surface area (Å²) in [6.07, 6.45) is 3.56. The number of nitrogens with zero attached hydrogens (tertiary/aromatic N) is 1. The molecule has 0 spiro atoms. The quantitative estimate of drug-likeness (QED) is 0.716. The lowest BCUT2D eigenvalue weighted by atomic mass is 10.2. The second kappa shape index (κ2) is 3.41. The molecule has 14 heavy (non-hydrogen) atoms. The van der Waals surface area contributed by atoms with Gasteiger partial charge in [0.05, 0.1) is 0 Å². The minimum absolute atomic E-state index is 0.00998. The fourth-order valence-corrected chi connectivity index (χ4v) is 2.29. The number of carbonyl (C=O) groups excluding carboxylic acids is 1. The van der Waals surface area contributed by atoms with Crippen LogP contribution < -0.4 is 0 Å². The van der Waals surface area contributed by atoms with Crippen LogP contribution in [0.25, 0.3) is 10.8 Å². The van der Waals surface area contributed by atoms with Crippen LogP contribution in [0.4, 0.5) is 0 Å². The summed E-state index contributed by atoms with van der Waals surface area (Å²) in [5.41, 5.74) is 0. The number of aromatic nitrogens is 1. The molecule has 2 nitrogen and oxygen atoms in total. The highest BCUT2D eigenvalue weighted by Crippen LogP contribution is 2.28. The average molecular weight is 273 g/mol. The molecule has 0 amide bonds. The van der Waals surface area contributed by atoms with Gasteiger partial charge in [-0.25, -0.2) is 0 Å². The summed E-state index contributed by atoms with van der Waals surface area (Å²) < 4.78 is 2.45. The SMILES string of the molecule is CC(=O)n1cc2cc(Cl)cc(Br)c2c1.